The number of nitrogen functional groups attached to an aromatic ring is 1. The zero-order chi connectivity index (χ0) is 13.5. The minimum Gasteiger partial charge on any atom is -0.398 e. The number of sulfonamides is 1. The van der Waals surface area contributed by atoms with Crippen LogP contribution in [0.4, 0.5) is 5.69 Å². The van der Waals surface area contributed by atoms with E-state index in [9.17, 15) is 8.42 Å². The van der Waals surface area contributed by atoms with Gasteiger partial charge in [0.05, 0.1) is 5.02 Å². The van der Waals surface area contributed by atoms with Crippen LogP contribution < -0.4 is 5.73 Å². The highest BCUT2D eigenvalue weighted by molar-refractivity contribution is 7.89. The molecule has 2 N–H and O–H groups in total. The molecule has 0 atom stereocenters. The minimum absolute atomic E-state index is 0.112. The molecular weight excluding hydrogens is 272 g/mol. The van der Waals surface area contributed by atoms with E-state index in [1.54, 1.807) is 13.0 Å². The number of anilines is 1. The van der Waals surface area contributed by atoms with Gasteiger partial charge in [-0.1, -0.05) is 18.5 Å². The lowest BCUT2D eigenvalue weighted by Crippen LogP contribution is -2.33. The largest absolute Gasteiger partial charge is 0.398 e. The van der Waals surface area contributed by atoms with Gasteiger partial charge in [0.2, 0.25) is 10.0 Å². The first-order valence-electron chi connectivity index (χ1n) is 5.95. The molecule has 0 amide bonds. The highest BCUT2D eigenvalue weighted by Gasteiger charge is 2.37. The Morgan fingerprint density at radius 1 is 1.44 bits per heavy atom. The molecule has 0 unspecified atom stereocenters. The fourth-order valence-corrected chi connectivity index (χ4v) is 4.27. The molecule has 4 nitrogen and oxygen atoms in total. The first-order chi connectivity index (χ1) is 8.37. The standard InChI is InChI=1S/C12H17ClN2O2S/c1-3-15(9-4-5-9)18(16,17)12-7-11(14)8(2)6-10(12)13/h6-7,9H,3-5,14H2,1-2H3. The molecule has 1 aliphatic carbocycles. The van der Waals surface area contributed by atoms with Crippen LogP contribution in [0.2, 0.25) is 5.02 Å². The van der Waals surface area contributed by atoms with Crippen molar-refractivity contribution in [2.24, 2.45) is 0 Å². The number of nitrogens with zero attached hydrogens (tertiary/aromatic N) is 1. The number of halogens is 1. The van der Waals surface area contributed by atoms with E-state index in [0.717, 1.165) is 18.4 Å². The minimum atomic E-state index is -3.54. The summed E-state index contributed by atoms with van der Waals surface area (Å²) in [7, 11) is -3.54. The summed E-state index contributed by atoms with van der Waals surface area (Å²) in [5, 5.41) is 0.237. The van der Waals surface area contributed by atoms with E-state index in [1.165, 1.54) is 10.4 Å². The number of benzene rings is 1. The van der Waals surface area contributed by atoms with Crippen molar-refractivity contribution >= 4 is 27.3 Å². The third-order valence-electron chi connectivity index (χ3n) is 3.17. The maximum Gasteiger partial charge on any atom is 0.244 e. The predicted octanol–water partition coefficient (Wildman–Crippen LogP) is 2.40. The van der Waals surface area contributed by atoms with E-state index >= 15 is 0 Å². The second-order valence-corrected chi connectivity index (χ2v) is 6.84. The summed E-state index contributed by atoms with van der Waals surface area (Å²) in [6.45, 7) is 4.09. The number of rotatable bonds is 4. The maximum atomic E-state index is 12.5. The fraction of sp³-hybridized carbons (Fsp3) is 0.500. The van der Waals surface area contributed by atoms with Crippen molar-refractivity contribution in [1.29, 1.82) is 0 Å². The lowest BCUT2D eigenvalue weighted by molar-refractivity contribution is 0.421. The van der Waals surface area contributed by atoms with E-state index in [0.29, 0.717) is 12.2 Å². The van der Waals surface area contributed by atoms with Gasteiger partial charge in [-0.3, -0.25) is 0 Å². The zero-order valence-electron chi connectivity index (χ0n) is 10.5. The van der Waals surface area contributed by atoms with Crippen molar-refractivity contribution in [3.63, 3.8) is 0 Å². The number of nitrogens with two attached hydrogens (primary N) is 1. The molecule has 0 bridgehead atoms. The molecule has 2 rings (SSSR count). The van der Waals surface area contributed by atoms with Crippen LogP contribution in [0.15, 0.2) is 17.0 Å². The molecule has 1 aromatic carbocycles. The van der Waals surface area contributed by atoms with Crippen molar-refractivity contribution in [1.82, 2.24) is 4.31 Å². The Labute approximate surface area is 113 Å². The van der Waals surface area contributed by atoms with Crippen molar-refractivity contribution < 1.29 is 8.42 Å². The summed E-state index contributed by atoms with van der Waals surface area (Å²) in [6, 6.07) is 3.18. The van der Waals surface area contributed by atoms with E-state index in [2.05, 4.69) is 0 Å². The van der Waals surface area contributed by atoms with Crippen LogP contribution >= 0.6 is 11.6 Å². The van der Waals surface area contributed by atoms with Crippen molar-refractivity contribution in [2.45, 2.75) is 37.6 Å². The number of hydrogen-bond acceptors (Lipinski definition) is 3. The van der Waals surface area contributed by atoms with E-state index in [-0.39, 0.29) is 16.0 Å². The molecule has 1 aromatic rings. The van der Waals surface area contributed by atoms with Crippen LogP contribution in [0.3, 0.4) is 0 Å². The monoisotopic (exact) mass is 288 g/mol. The summed E-state index contributed by atoms with van der Waals surface area (Å²) in [4.78, 5) is 0.112. The first-order valence-corrected chi connectivity index (χ1v) is 7.77. The van der Waals surface area contributed by atoms with Crippen LogP contribution in [0.25, 0.3) is 0 Å². The Bertz CT molecular complexity index is 568. The van der Waals surface area contributed by atoms with E-state index in [1.807, 2.05) is 6.92 Å². The molecule has 0 saturated heterocycles. The normalized spacial score (nSPS) is 16.2. The molecule has 0 aliphatic heterocycles. The number of hydrogen-bond donors (Lipinski definition) is 1. The van der Waals surface area contributed by atoms with Crippen LogP contribution in [0.5, 0.6) is 0 Å². The van der Waals surface area contributed by atoms with Gasteiger partial charge in [-0.15, -0.1) is 0 Å². The van der Waals surface area contributed by atoms with Gasteiger partial charge in [0.1, 0.15) is 4.90 Å². The third-order valence-corrected chi connectivity index (χ3v) is 5.67. The number of aryl methyl sites for hydroxylation is 1. The molecule has 6 heteroatoms. The van der Waals surface area contributed by atoms with Gasteiger partial charge >= 0.3 is 0 Å². The molecule has 1 fully saturated rings. The van der Waals surface area contributed by atoms with Gasteiger partial charge in [0.25, 0.3) is 0 Å². The highest BCUT2D eigenvalue weighted by atomic mass is 35.5. The van der Waals surface area contributed by atoms with Crippen molar-refractivity contribution in [3.05, 3.63) is 22.7 Å². The molecule has 0 aromatic heterocycles. The highest BCUT2D eigenvalue weighted by Crippen LogP contribution is 2.35. The van der Waals surface area contributed by atoms with Crippen LogP contribution in [-0.4, -0.2) is 25.3 Å². The van der Waals surface area contributed by atoms with Gasteiger partial charge in [0, 0.05) is 18.3 Å². The summed E-state index contributed by atoms with van der Waals surface area (Å²) < 4.78 is 26.5. The van der Waals surface area contributed by atoms with Crippen molar-refractivity contribution in [2.75, 3.05) is 12.3 Å². The van der Waals surface area contributed by atoms with Crippen LogP contribution in [-0.2, 0) is 10.0 Å². The van der Waals surface area contributed by atoms with Gasteiger partial charge in [-0.25, -0.2) is 8.42 Å². The van der Waals surface area contributed by atoms with Crippen LogP contribution in [0.1, 0.15) is 25.3 Å². The second kappa shape index (κ2) is 4.72. The average molecular weight is 289 g/mol. The molecule has 0 radical (unpaired) electrons. The molecular formula is C12H17ClN2O2S. The smallest absolute Gasteiger partial charge is 0.244 e. The molecule has 0 heterocycles. The Hall–Kier alpha value is -0.780. The Morgan fingerprint density at radius 2 is 2.06 bits per heavy atom. The van der Waals surface area contributed by atoms with Crippen molar-refractivity contribution in [3.8, 4) is 0 Å². The Kier molecular flexibility index (Phi) is 3.58. The maximum absolute atomic E-state index is 12.5. The lowest BCUT2D eigenvalue weighted by Gasteiger charge is -2.21. The summed E-state index contributed by atoms with van der Waals surface area (Å²) >= 11 is 6.05. The lowest BCUT2D eigenvalue weighted by atomic mass is 10.2. The van der Waals surface area contributed by atoms with Gasteiger partial charge in [-0.05, 0) is 37.5 Å². The molecule has 100 valence electrons. The molecule has 1 saturated carbocycles. The predicted molar refractivity (Wildman–Crippen MR) is 73.2 cm³/mol. The van der Waals surface area contributed by atoms with Gasteiger partial charge in [-0.2, -0.15) is 4.31 Å². The first kappa shape index (κ1) is 13.6. The Morgan fingerprint density at radius 3 is 2.56 bits per heavy atom. The molecule has 1 aliphatic rings. The second-order valence-electron chi connectivity index (χ2n) is 4.58. The quantitative estimate of drug-likeness (QED) is 0.865. The SMILES string of the molecule is CCN(C1CC1)S(=O)(=O)c1cc(N)c(C)cc1Cl. The zero-order valence-corrected chi connectivity index (χ0v) is 12.1. The van der Waals surface area contributed by atoms with Gasteiger partial charge in [0.15, 0.2) is 0 Å². The average Bonchev–Trinajstić information content (AvgIpc) is 3.08. The molecule has 18 heavy (non-hydrogen) atoms. The van der Waals surface area contributed by atoms with Crippen LogP contribution in [0, 0.1) is 6.92 Å². The summed E-state index contributed by atoms with van der Waals surface area (Å²) in [6.07, 6.45) is 1.85. The molecule has 0 spiro atoms. The topological polar surface area (TPSA) is 63.4 Å². The fourth-order valence-electron chi connectivity index (χ4n) is 1.98. The third kappa shape index (κ3) is 2.35. The van der Waals surface area contributed by atoms with E-state index in [4.69, 9.17) is 17.3 Å². The van der Waals surface area contributed by atoms with Gasteiger partial charge < -0.3 is 5.73 Å². The Balaban J connectivity index is 2.49. The summed E-state index contributed by atoms with van der Waals surface area (Å²) in [5.74, 6) is 0. The van der Waals surface area contributed by atoms with E-state index < -0.39 is 10.0 Å². The summed E-state index contributed by atoms with van der Waals surface area (Å²) in [5.41, 5.74) is 7.01.